The lowest BCUT2D eigenvalue weighted by molar-refractivity contribution is -0.179. The van der Waals surface area contributed by atoms with Crippen LogP contribution in [0.25, 0.3) is 0 Å². The molecule has 0 aromatic rings. The molecule has 3 nitrogen and oxygen atoms in total. The molecular weight excluding hydrogens is 180 g/mol. The monoisotopic (exact) mass is 200 g/mol. The lowest BCUT2D eigenvalue weighted by atomic mass is 10.00. The Hall–Kier alpha value is -0.120. The van der Waals surface area contributed by atoms with E-state index in [1.807, 2.05) is 0 Å². The second kappa shape index (κ2) is 3.47. The van der Waals surface area contributed by atoms with Gasteiger partial charge in [0, 0.05) is 19.4 Å². The molecule has 0 aromatic carbocycles. The van der Waals surface area contributed by atoms with Gasteiger partial charge in [-0.2, -0.15) is 0 Å². The standard InChI is InChI=1S/C11H20O3/c1-10(2)9(5-8-12)13-11(14-10)6-3-4-7-11/h9,12H,3-8H2,1-2H3/t9-/m0/s1. The minimum absolute atomic E-state index is 0.0469. The summed E-state index contributed by atoms with van der Waals surface area (Å²) in [5.41, 5.74) is -0.243. The van der Waals surface area contributed by atoms with Crippen molar-refractivity contribution in [2.75, 3.05) is 6.61 Å². The molecule has 0 amide bonds. The molecule has 82 valence electrons. The van der Waals surface area contributed by atoms with E-state index >= 15 is 0 Å². The normalized spacial score (nSPS) is 34.1. The van der Waals surface area contributed by atoms with Crippen molar-refractivity contribution in [2.24, 2.45) is 0 Å². The number of aliphatic hydroxyl groups is 1. The maximum atomic E-state index is 8.95. The van der Waals surface area contributed by atoms with Gasteiger partial charge >= 0.3 is 0 Å². The lowest BCUT2D eigenvalue weighted by Gasteiger charge is -2.24. The zero-order valence-electron chi connectivity index (χ0n) is 9.08. The van der Waals surface area contributed by atoms with Gasteiger partial charge in [-0.05, 0) is 33.1 Å². The van der Waals surface area contributed by atoms with Crippen LogP contribution in [0.1, 0.15) is 46.0 Å². The fourth-order valence-corrected chi connectivity index (χ4v) is 2.63. The van der Waals surface area contributed by atoms with Crippen LogP contribution in [0.2, 0.25) is 0 Å². The van der Waals surface area contributed by atoms with Gasteiger partial charge in [-0.15, -0.1) is 0 Å². The van der Waals surface area contributed by atoms with Gasteiger partial charge in [-0.25, -0.2) is 0 Å². The Morgan fingerprint density at radius 2 is 1.93 bits per heavy atom. The van der Waals surface area contributed by atoms with Gasteiger partial charge in [-0.1, -0.05) is 0 Å². The number of aliphatic hydroxyl groups excluding tert-OH is 1. The summed E-state index contributed by atoms with van der Waals surface area (Å²) in [6.45, 7) is 4.29. The molecule has 1 heterocycles. The highest BCUT2D eigenvalue weighted by Gasteiger charge is 2.52. The van der Waals surface area contributed by atoms with Gasteiger partial charge in [0.25, 0.3) is 0 Å². The Labute approximate surface area is 85.4 Å². The highest BCUT2D eigenvalue weighted by atomic mass is 16.8. The van der Waals surface area contributed by atoms with E-state index in [2.05, 4.69) is 13.8 Å². The number of ether oxygens (including phenoxy) is 2. The third-order valence-corrected chi connectivity index (χ3v) is 3.34. The molecule has 0 radical (unpaired) electrons. The van der Waals surface area contributed by atoms with Crippen molar-refractivity contribution in [2.45, 2.75) is 63.4 Å². The second-order valence-electron chi connectivity index (χ2n) is 4.94. The molecule has 2 rings (SSSR count). The molecule has 1 N–H and O–H groups in total. The van der Waals surface area contributed by atoms with Gasteiger partial charge in [0.15, 0.2) is 5.79 Å². The molecule has 1 saturated carbocycles. The molecule has 2 aliphatic rings. The molecule has 2 fully saturated rings. The third-order valence-electron chi connectivity index (χ3n) is 3.34. The summed E-state index contributed by atoms with van der Waals surface area (Å²) >= 11 is 0. The average Bonchev–Trinajstić information content (AvgIpc) is 2.60. The van der Waals surface area contributed by atoms with Gasteiger partial charge in [0.2, 0.25) is 0 Å². The highest BCUT2D eigenvalue weighted by Crippen LogP contribution is 2.46. The van der Waals surface area contributed by atoms with Gasteiger partial charge in [0.05, 0.1) is 11.7 Å². The fraction of sp³-hybridized carbons (Fsp3) is 1.00. The second-order valence-corrected chi connectivity index (χ2v) is 4.94. The molecule has 14 heavy (non-hydrogen) atoms. The molecule has 1 spiro atoms. The van der Waals surface area contributed by atoms with Crippen LogP contribution in [0, 0.1) is 0 Å². The largest absolute Gasteiger partial charge is 0.396 e. The maximum Gasteiger partial charge on any atom is 0.169 e. The molecule has 1 atom stereocenters. The zero-order valence-corrected chi connectivity index (χ0v) is 9.08. The molecule has 3 heteroatoms. The minimum Gasteiger partial charge on any atom is -0.396 e. The van der Waals surface area contributed by atoms with E-state index in [9.17, 15) is 0 Å². The van der Waals surface area contributed by atoms with Crippen molar-refractivity contribution in [1.29, 1.82) is 0 Å². The first-order valence-corrected chi connectivity index (χ1v) is 5.57. The molecule has 1 aliphatic carbocycles. The molecule has 0 unspecified atom stereocenters. The topological polar surface area (TPSA) is 38.7 Å². The molecular formula is C11H20O3. The molecule has 1 saturated heterocycles. The van der Waals surface area contributed by atoms with Crippen LogP contribution in [0.15, 0.2) is 0 Å². The van der Waals surface area contributed by atoms with E-state index in [0.717, 1.165) is 12.8 Å². The highest BCUT2D eigenvalue weighted by molar-refractivity contribution is 4.94. The lowest BCUT2D eigenvalue weighted by Crippen LogP contribution is -2.34. The SMILES string of the molecule is CC1(C)OC2(CCCC2)O[C@H]1CCO. The van der Waals surface area contributed by atoms with Crippen LogP contribution in [0.4, 0.5) is 0 Å². The molecule has 1 aliphatic heterocycles. The minimum atomic E-state index is -0.316. The van der Waals surface area contributed by atoms with Crippen LogP contribution >= 0.6 is 0 Å². The smallest absolute Gasteiger partial charge is 0.169 e. The summed E-state index contributed by atoms with van der Waals surface area (Å²) in [5, 5.41) is 8.95. The Balaban J connectivity index is 2.07. The summed E-state index contributed by atoms with van der Waals surface area (Å²) in [6, 6.07) is 0. The number of rotatable bonds is 2. The van der Waals surface area contributed by atoms with Gasteiger partial charge in [-0.3, -0.25) is 0 Å². The quantitative estimate of drug-likeness (QED) is 0.739. The molecule has 0 bridgehead atoms. The fourth-order valence-electron chi connectivity index (χ4n) is 2.63. The van der Waals surface area contributed by atoms with Crippen molar-refractivity contribution in [3.05, 3.63) is 0 Å². The third kappa shape index (κ3) is 1.69. The van der Waals surface area contributed by atoms with Crippen LogP contribution in [0.3, 0.4) is 0 Å². The van der Waals surface area contributed by atoms with Crippen molar-refractivity contribution >= 4 is 0 Å². The first-order chi connectivity index (χ1) is 6.58. The summed E-state index contributed by atoms with van der Waals surface area (Å²) < 4.78 is 12.0. The Bertz CT molecular complexity index is 207. The van der Waals surface area contributed by atoms with E-state index in [-0.39, 0.29) is 24.1 Å². The Kier molecular flexibility index (Phi) is 2.58. The number of hydrogen-bond donors (Lipinski definition) is 1. The van der Waals surface area contributed by atoms with Crippen molar-refractivity contribution < 1.29 is 14.6 Å². The van der Waals surface area contributed by atoms with Crippen molar-refractivity contribution in [3.63, 3.8) is 0 Å². The summed E-state index contributed by atoms with van der Waals surface area (Å²) in [5.74, 6) is -0.316. The van der Waals surface area contributed by atoms with Crippen LogP contribution in [-0.4, -0.2) is 29.2 Å². The van der Waals surface area contributed by atoms with Gasteiger partial charge in [0.1, 0.15) is 0 Å². The van der Waals surface area contributed by atoms with Crippen molar-refractivity contribution in [1.82, 2.24) is 0 Å². The summed E-state index contributed by atoms with van der Waals surface area (Å²) in [6.07, 6.45) is 5.14. The van der Waals surface area contributed by atoms with E-state index in [1.165, 1.54) is 12.8 Å². The van der Waals surface area contributed by atoms with Crippen LogP contribution in [0.5, 0.6) is 0 Å². The van der Waals surface area contributed by atoms with Crippen LogP contribution in [-0.2, 0) is 9.47 Å². The number of hydrogen-bond acceptors (Lipinski definition) is 3. The first kappa shape index (κ1) is 10.4. The van der Waals surface area contributed by atoms with Gasteiger partial charge < -0.3 is 14.6 Å². The van der Waals surface area contributed by atoms with Crippen molar-refractivity contribution in [3.8, 4) is 0 Å². The average molecular weight is 200 g/mol. The van der Waals surface area contributed by atoms with Crippen LogP contribution < -0.4 is 0 Å². The molecule has 0 aromatic heterocycles. The zero-order chi connectivity index (χ0) is 10.2. The van der Waals surface area contributed by atoms with E-state index in [1.54, 1.807) is 0 Å². The summed E-state index contributed by atoms with van der Waals surface area (Å²) in [7, 11) is 0. The predicted octanol–water partition coefficient (Wildman–Crippen LogP) is 1.83. The maximum absolute atomic E-state index is 8.95. The summed E-state index contributed by atoms with van der Waals surface area (Å²) in [4.78, 5) is 0. The Morgan fingerprint density at radius 3 is 2.50 bits per heavy atom. The van der Waals surface area contributed by atoms with E-state index in [0.29, 0.717) is 6.42 Å². The predicted molar refractivity (Wildman–Crippen MR) is 52.9 cm³/mol. The van der Waals surface area contributed by atoms with E-state index in [4.69, 9.17) is 14.6 Å². The Morgan fingerprint density at radius 1 is 1.29 bits per heavy atom. The van der Waals surface area contributed by atoms with E-state index < -0.39 is 0 Å². The first-order valence-electron chi connectivity index (χ1n) is 5.57.